The zero-order valence-corrected chi connectivity index (χ0v) is 8.82. The number of anilines is 2. The largest absolute Gasteiger partial charge is 0.368 e. The van der Waals surface area contributed by atoms with Gasteiger partial charge in [0.05, 0.1) is 0 Å². The maximum Gasteiger partial charge on any atom is 0.225 e. The predicted molar refractivity (Wildman–Crippen MR) is 59.1 cm³/mol. The van der Waals surface area contributed by atoms with E-state index in [0.717, 1.165) is 18.7 Å². The molecular formula is C10H17N5. The van der Waals surface area contributed by atoms with Gasteiger partial charge in [-0.3, -0.25) is 0 Å². The van der Waals surface area contributed by atoms with Gasteiger partial charge in [0.2, 0.25) is 11.9 Å². The van der Waals surface area contributed by atoms with E-state index in [2.05, 4.69) is 15.0 Å². The highest BCUT2D eigenvalue weighted by molar-refractivity contribution is 5.26. The molecule has 1 aromatic rings. The van der Waals surface area contributed by atoms with Crippen LogP contribution in [-0.4, -0.2) is 15.0 Å². The van der Waals surface area contributed by atoms with Crippen molar-refractivity contribution in [1.29, 1.82) is 0 Å². The van der Waals surface area contributed by atoms with Gasteiger partial charge in [-0.1, -0.05) is 25.7 Å². The van der Waals surface area contributed by atoms with Gasteiger partial charge in [0.15, 0.2) is 0 Å². The minimum absolute atomic E-state index is 0.238. The molecule has 1 fully saturated rings. The summed E-state index contributed by atoms with van der Waals surface area (Å²) in [7, 11) is 0. The van der Waals surface area contributed by atoms with Crippen LogP contribution in [0.3, 0.4) is 0 Å². The number of rotatable bonds is 1. The van der Waals surface area contributed by atoms with E-state index in [1.165, 1.54) is 25.7 Å². The second-order valence-corrected chi connectivity index (χ2v) is 4.10. The van der Waals surface area contributed by atoms with E-state index in [1.807, 2.05) is 0 Å². The van der Waals surface area contributed by atoms with Crippen molar-refractivity contribution in [2.24, 2.45) is 0 Å². The first kappa shape index (κ1) is 10.1. The summed E-state index contributed by atoms with van der Waals surface area (Å²) in [6, 6.07) is 0. The molecule has 0 aliphatic heterocycles. The van der Waals surface area contributed by atoms with E-state index in [9.17, 15) is 0 Å². The van der Waals surface area contributed by atoms with Crippen LogP contribution in [0.15, 0.2) is 0 Å². The molecule has 1 aliphatic carbocycles. The molecule has 1 saturated carbocycles. The van der Waals surface area contributed by atoms with Crippen molar-refractivity contribution in [3.8, 4) is 0 Å². The van der Waals surface area contributed by atoms with Crippen LogP contribution in [0.1, 0.15) is 50.3 Å². The van der Waals surface area contributed by atoms with E-state index in [4.69, 9.17) is 11.5 Å². The molecule has 4 N–H and O–H groups in total. The molecule has 0 atom stereocenters. The Hall–Kier alpha value is -1.39. The molecule has 1 aromatic heterocycles. The van der Waals surface area contributed by atoms with Crippen LogP contribution in [0.2, 0.25) is 0 Å². The zero-order chi connectivity index (χ0) is 10.7. The first-order valence-corrected chi connectivity index (χ1v) is 5.52. The lowest BCUT2D eigenvalue weighted by Crippen LogP contribution is -2.10. The van der Waals surface area contributed by atoms with Gasteiger partial charge < -0.3 is 11.5 Å². The van der Waals surface area contributed by atoms with E-state index in [-0.39, 0.29) is 11.9 Å². The minimum atomic E-state index is 0.238. The first-order chi connectivity index (χ1) is 7.25. The molecule has 1 heterocycles. The number of nitrogens with two attached hydrogens (primary N) is 2. The van der Waals surface area contributed by atoms with Crippen molar-refractivity contribution in [2.75, 3.05) is 11.5 Å². The lowest BCUT2D eigenvalue weighted by Gasteiger charge is -2.12. The first-order valence-electron chi connectivity index (χ1n) is 5.52. The fourth-order valence-electron chi connectivity index (χ4n) is 2.15. The molecule has 0 spiro atoms. The van der Waals surface area contributed by atoms with Gasteiger partial charge in [0.1, 0.15) is 5.82 Å². The molecule has 0 bridgehead atoms. The second kappa shape index (κ2) is 4.42. The van der Waals surface area contributed by atoms with Gasteiger partial charge in [-0.25, -0.2) is 0 Å². The van der Waals surface area contributed by atoms with Crippen LogP contribution in [0, 0.1) is 0 Å². The Kier molecular flexibility index (Phi) is 2.99. The molecule has 0 saturated heterocycles. The minimum Gasteiger partial charge on any atom is -0.368 e. The highest BCUT2D eigenvalue weighted by Crippen LogP contribution is 2.29. The van der Waals surface area contributed by atoms with Gasteiger partial charge in [0, 0.05) is 5.92 Å². The van der Waals surface area contributed by atoms with Crippen molar-refractivity contribution >= 4 is 11.9 Å². The summed E-state index contributed by atoms with van der Waals surface area (Å²) in [5, 5.41) is 0. The molecular weight excluding hydrogens is 190 g/mol. The van der Waals surface area contributed by atoms with Gasteiger partial charge in [-0.15, -0.1) is 0 Å². The van der Waals surface area contributed by atoms with Crippen LogP contribution in [0.25, 0.3) is 0 Å². The number of hydrogen-bond acceptors (Lipinski definition) is 5. The summed E-state index contributed by atoms with van der Waals surface area (Å²) >= 11 is 0. The van der Waals surface area contributed by atoms with Gasteiger partial charge in [-0.05, 0) is 12.8 Å². The predicted octanol–water partition coefficient (Wildman–Crippen LogP) is 1.47. The fraction of sp³-hybridized carbons (Fsp3) is 0.700. The normalized spacial score (nSPS) is 18.7. The summed E-state index contributed by atoms with van der Waals surface area (Å²) in [6.07, 6.45) is 7.40. The summed E-state index contributed by atoms with van der Waals surface area (Å²) in [4.78, 5) is 12.1. The van der Waals surface area contributed by atoms with E-state index in [1.54, 1.807) is 0 Å². The summed E-state index contributed by atoms with van der Waals surface area (Å²) in [6.45, 7) is 0. The monoisotopic (exact) mass is 207 g/mol. The topological polar surface area (TPSA) is 90.7 Å². The maximum absolute atomic E-state index is 5.56. The lowest BCUT2D eigenvalue weighted by atomic mass is 10.00. The number of aromatic nitrogens is 3. The molecule has 2 rings (SSSR count). The van der Waals surface area contributed by atoms with Gasteiger partial charge in [0.25, 0.3) is 0 Å². The van der Waals surface area contributed by atoms with Crippen LogP contribution in [0.4, 0.5) is 11.9 Å². The standard InChI is InChI=1S/C10H17N5/c11-9-13-8(14-10(12)15-9)7-5-3-1-2-4-6-7/h7H,1-6H2,(H4,11,12,13,14,15). The fourth-order valence-corrected chi connectivity index (χ4v) is 2.15. The molecule has 0 radical (unpaired) electrons. The molecule has 82 valence electrons. The van der Waals surface area contributed by atoms with Gasteiger partial charge in [-0.2, -0.15) is 15.0 Å². The number of hydrogen-bond donors (Lipinski definition) is 2. The number of nitrogens with zero attached hydrogens (tertiary/aromatic N) is 3. The van der Waals surface area contributed by atoms with Crippen LogP contribution in [0.5, 0.6) is 0 Å². The Morgan fingerprint density at radius 3 is 1.87 bits per heavy atom. The molecule has 0 amide bonds. The average molecular weight is 207 g/mol. The zero-order valence-electron chi connectivity index (χ0n) is 8.82. The Labute approximate surface area is 89.3 Å². The highest BCUT2D eigenvalue weighted by Gasteiger charge is 2.18. The average Bonchev–Trinajstić information content (AvgIpc) is 2.43. The summed E-state index contributed by atoms with van der Waals surface area (Å²) in [5.41, 5.74) is 11.1. The summed E-state index contributed by atoms with van der Waals surface area (Å²) < 4.78 is 0. The lowest BCUT2D eigenvalue weighted by molar-refractivity contribution is 0.560. The van der Waals surface area contributed by atoms with Crippen LogP contribution >= 0.6 is 0 Å². The third-order valence-electron chi connectivity index (χ3n) is 2.91. The van der Waals surface area contributed by atoms with Gasteiger partial charge >= 0.3 is 0 Å². The molecule has 5 heteroatoms. The van der Waals surface area contributed by atoms with Crippen LogP contribution in [-0.2, 0) is 0 Å². The third-order valence-corrected chi connectivity index (χ3v) is 2.91. The quantitative estimate of drug-likeness (QED) is 0.680. The van der Waals surface area contributed by atoms with Crippen molar-refractivity contribution in [3.63, 3.8) is 0 Å². The maximum atomic E-state index is 5.56. The Morgan fingerprint density at radius 1 is 0.800 bits per heavy atom. The molecule has 0 aromatic carbocycles. The summed E-state index contributed by atoms with van der Waals surface area (Å²) in [5.74, 6) is 1.67. The number of nitrogen functional groups attached to an aromatic ring is 2. The van der Waals surface area contributed by atoms with E-state index >= 15 is 0 Å². The van der Waals surface area contributed by atoms with Crippen LogP contribution < -0.4 is 11.5 Å². The highest BCUT2D eigenvalue weighted by atomic mass is 15.1. The van der Waals surface area contributed by atoms with Crippen molar-refractivity contribution < 1.29 is 0 Å². The van der Waals surface area contributed by atoms with E-state index in [0.29, 0.717) is 5.92 Å². The van der Waals surface area contributed by atoms with Crippen molar-refractivity contribution in [3.05, 3.63) is 5.82 Å². The Morgan fingerprint density at radius 2 is 1.33 bits per heavy atom. The SMILES string of the molecule is Nc1nc(N)nc(C2CCCCCC2)n1. The molecule has 0 unspecified atom stereocenters. The molecule has 5 nitrogen and oxygen atoms in total. The van der Waals surface area contributed by atoms with Crippen molar-refractivity contribution in [1.82, 2.24) is 15.0 Å². The Balaban J connectivity index is 2.19. The third kappa shape index (κ3) is 2.55. The smallest absolute Gasteiger partial charge is 0.225 e. The van der Waals surface area contributed by atoms with Crippen molar-refractivity contribution in [2.45, 2.75) is 44.4 Å². The second-order valence-electron chi connectivity index (χ2n) is 4.10. The Bertz CT molecular complexity index is 310. The molecule has 1 aliphatic rings. The van der Waals surface area contributed by atoms with E-state index < -0.39 is 0 Å². The molecule has 15 heavy (non-hydrogen) atoms.